The van der Waals surface area contributed by atoms with E-state index in [4.69, 9.17) is 0 Å². The van der Waals surface area contributed by atoms with Gasteiger partial charge in [0.05, 0.1) is 0 Å². The molecule has 4 heavy (non-hydrogen) atoms. The zero-order chi connectivity index (χ0) is 0. The van der Waals surface area contributed by atoms with Crippen LogP contribution in [-0.2, 0) is 16.5 Å². The summed E-state index contributed by atoms with van der Waals surface area (Å²) in [5.41, 5.74) is 0. The van der Waals surface area contributed by atoms with Crippen molar-refractivity contribution in [2.45, 2.75) is 0 Å². The van der Waals surface area contributed by atoms with Gasteiger partial charge in [-0.3, -0.25) is 0 Å². The topological polar surface area (TPSA) is 0 Å². The van der Waals surface area contributed by atoms with Gasteiger partial charge in [0.25, 0.3) is 0 Å². The second kappa shape index (κ2) is 15.9. The van der Waals surface area contributed by atoms with E-state index in [2.05, 4.69) is 0 Å². The second-order valence-corrected chi connectivity index (χ2v) is 0. The van der Waals surface area contributed by atoms with Crippen molar-refractivity contribution in [1.29, 1.82) is 0 Å². The number of rotatable bonds is 0. The third kappa shape index (κ3) is 9.19. The molecule has 0 aromatic carbocycles. The first kappa shape index (κ1) is 25.3. The van der Waals surface area contributed by atoms with Gasteiger partial charge < -0.3 is 0 Å². The predicted molar refractivity (Wildman–Crippen MR) is 11.5 cm³/mol. The predicted octanol–water partition coefficient (Wildman–Crippen LogP) is -0.764. The van der Waals surface area contributed by atoms with E-state index in [1.807, 2.05) is 0 Å². The molecule has 0 aliphatic rings. The summed E-state index contributed by atoms with van der Waals surface area (Å²) in [6, 6.07) is 0. The van der Waals surface area contributed by atoms with Gasteiger partial charge in [0.15, 0.2) is 0 Å². The largest absolute Gasteiger partial charge is 0 e. The van der Waals surface area contributed by atoms with Crippen molar-refractivity contribution < 1.29 is 65.9 Å². The summed E-state index contributed by atoms with van der Waals surface area (Å²) in [5, 5.41) is 0. The smallest absolute Gasteiger partial charge is 0 e. The fourth-order valence-corrected chi connectivity index (χ4v) is 0. The zero-order valence-corrected chi connectivity index (χ0v) is 10.5. The summed E-state index contributed by atoms with van der Waals surface area (Å²) in [5.74, 6) is 0. The van der Waals surface area contributed by atoms with E-state index in [-0.39, 0.29) is 114 Å². The van der Waals surface area contributed by atoms with Gasteiger partial charge in [-0.2, -0.15) is 0 Å². The normalized spacial score (nSPS) is 0. The van der Waals surface area contributed by atoms with Crippen LogP contribution in [0.4, 0.5) is 0 Å². The van der Waals surface area contributed by atoms with Gasteiger partial charge in [-0.15, -0.1) is 0 Å². The Balaban J connectivity index is 0. The fraction of sp³-hybridized carbons (Fsp3) is 0. The van der Waals surface area contributed by atoms with Crippen molar-refractivity contribution in [3.8, 4) is 0 Å². The molecule has 0 fully saturated rings. The Labute approximate surface area is 111 Å². The van der Waals surface area contributed by atoms with E-state index in [0.717, 1.165) is 0 Å². The van der Waals surface area contributed by atoms with Crippen LogP contribution in [0.15, 0.2) is 0 Å². The quantitative estimate of drug-likeness (QED) is 0.425. The standard InChI is InChI=1S/Eu.Ni.Sb.Sn. The molecule has 0 unspecified atom stereocenters. The first-order chi connectivity index (χ1) is 0. The molecule has 0 atom stereocenters. The Morgan fingerprint density at radius 1 is 1.00 bits per heavy atom. The van der Waals surface area contributed by atoms with E-state index in [1.54, 1.807) is 0 Å². The molecular formula is EuNiSbSn. The van der Waals surface area contributed by atoms with Crippen molar-refractivity contribution in [2.75, 3.05) is 0 Å². The third-order valence-corrected chi connectivity index (χ3v) is 0. The summed E-state index contributed by atoms with van der Waals surface area (Å²) < 4.78 is 0. The van der Waals surface area contributed by atoms with Crippen LogP contribution >= 0.6 is 0 Å². The minimum atomic E-state index is 0. The molecule has 0 aromatic rings. The molecule has 0 rings (SSSR count). The SMILES string of the molecule is [Eu].[Ni].[Sb].[Sn]. The summed E-state index contributed by atoms with van der Waals surface area (Å²) in [6.45, 7) is 0. The average Bonchev–Trinajstić information content (AvgIpc) is 0. The summed E-state index contributed by atoms with van der Waals surface area (Å²) >= 11 is 0. The van der Waals surface area contributed by atoms with Crippen molar-refractivity contribution in [2.24, 2.45) is 0 Å². The number of hydrogen-bond donors (Lipinski definition) is 0. The van der Waals surface area contributed by atoms with Gasteiger partial charge >= 0.3 is 0 Å². The average molecular weight is 451 g/mol. The molecule has 8 radical (unpaired) electrons. The monoisotopic (exact) mass is 452 g/mol. The van der Waals surface area contributed by atoms with Crippen LogP contribution in [0.2, 0.25) is 0 Å². The molecular weight excluding hydrogens is 451 g/mol. The van der Waals surface area contributed by atoms with Crippen LogP contribution in [0, 0.1) is 49.4 Å². The molecule has 0 saturated carbocycles. The Hall–Kier alpha value is 3.69. The van der Waals surface area contributed by atoms with E-state index >= 15 is 0 Å². The van der Waals surface area contributed by atoms with Gasteiger partial charge in [0.1, 0.15) is 0 Å². The molecule has 0 aromatic heterocycles. The first-order valence-corrected chi connectivity index (χ1v) is 0. The van der Waals surface area contributed by atoms with Gasteiger partial charge in [0.2, 0.25) is 0 Å². The molecule has 0 aliphatic carbocycles. The summed E-state index contributed by atoms with van der Waals surface area (Å²) in [7, 11) is 0. The summed E-state index contributed by atoms with van der Waals surface area (Å²) in [4.78, 5) is 0. The van der Waals surface area contributed by atoms with Crippen LogP contribution in [0.25, 0.3) is 0 Å². The molecule has 26 valence electrons. The van der Waals surface area contributed by atoms with Crippen LogP contribution in [0.5, 0.6) is 0 Å². The van der Waals surface area contributed by atoms with Crippen molar-refractivity contribution in [3.05, 3.63) is 0 Å². The molecule has 0 spiro atoms. The molecule has 0 N–H and O–H groups in total. The van der Waals surface area contributed by atoms with Crippen LogP contribution < -0.4 is 0 Å². The maximum absolute atomic E-state index is 0. The Morgan fingerprint density at radius 3 is 1.00 bits per heavy atom. The minimum absolute atomic E-state index is 0. The Kier molecular flexibility index (Phi) is 100. The maximum Gasteiger partial charge on any atom is 0 e. The van der Waals surface area contributed by atoms with Gasteiger partial charge in [0, 0.05) is 114 Å². The molecule has 0 aliphatic heterocycles. The minimum Gasteiger partial charge on any atom is 0 e. The van der Waals surface area contributed by atoms with Crippen LogP contribution in [-0.4, -0.2) is 48.3 Å². The first-order valence-electron chi connectivity index (χ1n) is 0. The molecule has 0 saturated heterocycles. The Bertz CT molecular complexity index is 8.00. The second-order valence-electron chi connectivity index (χ2n) is 0. The van der Waals surface area contributed by atoms with Crippen molar-refractivity contribution in [1.82, 2.24) is 0 Å². The van der Waals surface area contributed by atoms with Gasteiger partial charge in [-0.1, -0.05) is 0 Å². The van der Waals surface area contributed by atoms with Crippen molar-refractivity contribution >= 4 is 48.3 Å². The maximum atomic E-state index is 0. The van der Waals surface area contributed by atoms with E-state index in [0.29, 0.717) is 0 Å². The molecule has 4 heteroatoms. The molecule has 0 amide bonds. The molecule has 0 bridgehead atoms. The van der Waals surface area contributed by atoms with Crippen LogP contribution in [0.1, 0.15) is 0 Å². The van der Waals surface area contributed by atoms with Gasteiger partial charge in [-0.05, 0) is 0 Å². The molecule has 0 heterocycles. The van der Waals surface area contributed by atoms with E-state index in [1.165, 1.54) is 0 Å². The Morgan fingerprint density at radius 2 is 1.00 bits per heavy atom. The third-order valence-electron chi connectivity index (χ3n) is 0. The summed E-state index contributed by atoms with van der Waals surface area (Å²) in [6.07, 6.45) is 0. The molecule has 0 nitrogen and oxygen atoms in total. The van der Waals surface area contributed by atoms with Crippen molar-refractivity contribution in [3.63, 3.8) is 0 Å². The number of hydrogen-bond acceptors (Lipinski definition) is 0. The van der Waals surface area contributed by atoms with Crippen LogP contribution in [0.3, 0.4) is 0 Å². The fourth-order valence-electron chi connectivity index (χ4n) is 0. The van der Waals surface area contributed by atoms with Gasteiger partial charge in [-0.25, -0.2) is 0 Å². The van der Waals surface area contributed by atoms with E-state index in [9.17, 15) is 0 Å². The van der Waals surface area contributed by atoms with E-state index < -0.39 is 0 Å². The zero-order valence-electron chi connectivity index (χ0n) is 1.64.